The summed E-state index contributed by atoms with van der Waals surface area (Å²) in [6.07, 6.45) is 9.64. The third kappa shape index (κ3) is 6.38. The molecule has 0 bridgehead atoms. The number of pyridine rings is 1. The van der Waals surface area contributed by atoms with Crippen LogP contribution in [0.5, 0.6) is 0 Å². The fourth-order valence-corrected chi connectivity index (χ4v) is 6.39. The van der Waals surface area contributed by atoms with Gasteiger partial charge >= 0.3 is 0 Å². The zero-order valence-corrected chi connectivity index (χ0v) is 24.9. The first kappa shape index (κ1) is 29.0. The number of hydrogen-bond donors (Lipinski definition) is 0. The highest BCUT2D eigenvalue weighted by molar-refractivity contribution is 6.01. The fraction of sp³-hybridized carbons (Fsp3) is 0.515. The zero-order chi connectivity index (χ0) is 28.9. The van der Waals surface area contributed by atoms with E-state index < -0.39 is 0 Å². The Balaban J connectivity index is 1.55. The highest BCUT2D eigenvalue weighted by Gasteiger charge is 2.32. The molecule has 1 fully saturated rings. The molecule has 5 rings (SSSR count). The van der Waals surface area contributed by atoms with E-state index in [-0.39, 0.29) is 17.7 Å². The molecule has 0 spiro atoms. The number of anilines is 1. The van der Waals surface area contributed by atoms with Crippen LogP contribution in [-0.2, 0) is 11.3 Å². The summed E-state index contributed by atoms with van der Waals surface area (Å²) < 4.78 is 5.57. The summed E-state index contributed by atoms with van der Waals surface area (Å²) in [5.41, 5.74) is 4.84. The molecule has 0 unspecified atom stereocenters. The van der Waals surface area contributed by atoms with E-state index in [2.05, 4.69) is 52.8 Å². The van der Waals surface area contributed by atoms with Gasteiger partial charge in [-0.15, -0.1) is 0 Å². The summed E-state index contributed by atoms with van der Waals surface area (Å²) in [6.45, 7) is 11.5. The maximum atomic E-state index is 14.4. The Hall–Kier alpha value is -3.52. The van der Waals surface area contributed by atoms with E-state index in [9.17, 15) is 9.59 Å². The Morgan fingerprint density at radius 3 is 2.41 bits per heavy atom. The van der Waals surface area contributed by atoms with Gasteiger partial charge in [-0.2, -0.15) is 0 Å². The Labute approximate surface area is 243 Å². The molecule has 41 heavy (non-hydrogen) atoms. The summed E-state index contributed by atoms with van der Waals surface area (Å²) in [5, 5.41) is 4.27. The van der Waals surface area contributed by atoms with Crippen LogP contribution in [0.15, 0.2) is 47.2 Å². The third-order valence-electron chi connectivity index (χ3n) is 8.70. The van der Waals surface area contributed by atoms with Crippen LogP contribution in [-0.4, -0.2) is 64.0 Å². The van der Waals surface area contributed by atoms with Gasteiger partial charge in [-0.05, 0) is 70.2 Å². The normalized spacial score (nSPS) is 17.8. The van der Waals surface area contributed by atoms with E-state index in [0.29, 0.717) is 42.7 Å². The predicted molar refractivity (Wildman–Crippen MR) is 161 cm³/mol. The molecule has 0 saturated heterocycles. The molecule has 0 N–H and O–H groups in total. The molecule has 1 aliphatic heterocycles. The van der Waals surface area contributed by atoms with Gasteiger partial charge in [0, 0.05) is 62.6 Å². The standard InChI is InChI=1S/C33H43N5O3/c1-23(2)36-18-9-19-38(32(39)27-11-6-5-7-12-27)31-24(3)10-8-13-28(31)22-37(21-20-36)33(40)29-25(4)41-35-30(29)26-14-16-34-17-15-26/h8,10,13-17,23,27H,5-7,9,11-12,18-22H2,1-4H3. The SMILES string of the molecule is Cc1cccc2c1N(C(=O)C1CCCCC1)CCCN(C(C)C)CCN(C(=O)c1c(-c3ccncc3)noc1C)C2. The lowest BCUT2D eigenvalue weighted by molar-refractivity contribution is -0.123. The highest BCUT2D eigenvalue weighted by atomic mass is 16.5. The van der Waals surface area contributed by atoms with E-state index >= 15 is 0 Å². The average molecular weight is 558 g/mol. The highest BCUT2D eigenvalue weighted by Crippen LogP contribution is 2.33. The van der Waals surface area contributed by atoms with Crippen molar-refractivity contribution in [1.82, 2.24) is 19.9 Å². The number of amides is 2. The number of carbonyl (C=O) groups excluding carboxylic acids is 2. The number of hydrogen-bond acceptors (Lipinski definition) is 6. The second kappa shape index (κ2) is 13.0. The summed E-state index contributed by atoms with van der Waals surface area (Å²) in [4.78, 5) is 39.0. The van der Waals surface area contributed by atoms with Crippen LogP contribution >= 0.6 is 0 Å². The van der Waals surface area contributed by atoms with E-state index in [1.54, 1.807) is 19.3 Å². The quantitative estimate of drug-likeness (QED) is 0.390. The Bertz CT molecular complexity index is 1350. The largest absolute Gasteiger partial charge is 0.360 e. The predicted octanol–water partition coefficient (Wildman–Crippen LogP) is 6.02. The van der Waals surface area contributed by atoms with Crippen LogP contribution in [0.4, 0.5) is 5.69 Å². The molecular formula is C33H43N5O3. The molecule has 1 saturated carbocycles. The van der Waals surface area contributed by atoms with Crippen molar-refractivity contribution in [2.24, 2.45) is 5.92 Å². The van der Waals surface area contributed by atoms with Crippen LogP contribution in [0, 0.1) is 19.8 Å². The molecule has 1 aliphatic carbocycles. The minimum atomic E-state index is -0.115. The summed E-state index contributed by atoms with van der Waals surface area (Å²) >= 11 is 0. The van der Waals surface area contributed by atoms with Crippen LogP contribution in [0.3, 0.4) is 0 Å². The number of benzene rings is 1. The summed E-state index contributed by atoms with van der Waals surface area (Å²) in [7, 11) is 0. The molecule has 3 aromatic rings. The molecule has 2 aromatic heterocycles. The molecule has 8 heteroatoms. The number of rotatable bonds is 4. The van der Waals surface area contributed by atoms with Gasteiger partial charge in [-0.3, -0.25) is 19.5 Å². The maximum Gasteiger partial charge on any atom is 0.260 e. The zero-order valence-electron chi connectivity index (χ0n) is 24.9. The molecule has 1 aromatic carbocycles. The fourth-order valence-electron chi connectivity index (χ4n) is 6.39. The van der Waals surface area contributed by atoms with E-state index in [1.165, 1.54) is 6.42 Å². The van der Waals surface area contributed by atoms with Gasteiger partial charge in [-0.25, -0.2) is 0 Å². The average Bonchev–Trinajstić information content (AvgIpc) is 3.36. The molecule has 218 valence electrons. The maximum absolute atomic E-state index is 14.4. The van der Waals surface area contributed by atoms with E-state index in [4.69, 9.17) is 4.52 Å². The number of nitrogens with zero attached hydrogens (tertiary/aromatic N) is 5. The number of fused-ring (bicyclic) bond motifs is 1. The van der Waals surface area contributed by atoms with Crippen LogP contribution < -0.4 is 4.90 Å². The van der Waals surface area contributed by atoms with E-state index in [0.717, 1.165) is 67.6 Å². The Kier molecular flexibility index (Phi) is 9.18. The smallest absolute Gasteiger partial charge is 0.260 e. The van der Waals surface area contributed by atoms with Gasteiger partial charge in [0.2, 0.25) is 5.91 Å². The van der Waals surface area contributed by atoms with Gasteiger partial charge in [0.05, 0.1) is 5.69 Å². The van der Waals surface area contributed by atoms with Gasteiger partial charge in [-0.1, -0.05) is 42.6 Å². The first-order chi connectivity index (χ1) is 19.8. The Morgan fingerprint density at radius 1 is 0.927 bits per heavy atom. The molecule has 0 atom stereocenters. The number of para-hydroxylation sites is 1. The van der Waals surface area contributed by atoms with Crippen molar-refractivity contribution in [3.63, 3.8) is 0 Å². The number of aromatic nitrogens is 2. The first-order valence-electron chi connectivity index (χ1n) is 15.1. The molecule has 8 nitrogen and oxygen atoms in total. The molecule has 2 aliphatic rings. The first-order valence-corrected chi connectivity index (χ1v) is 15.1. The summed E-state index contributed by atoms with van der Waals surface area (Å²) in [6, 6.07) is 10.2. The van der Waals surface area contributed by atoms with Gasteiger partial charge in [0.1, 0.15) is 17.0 Å². The molecular weight excluding hydrogens is 514 g/mol. The van der Waals surface area contributed by atoms with Crippen molar-refractivity contribution in [3.8, 4) is 11.3 Å². The second-order valence-corrected chi connectivity index (χ2v) is 11.8. The lowest BCUT2D eigenvalue weighted by atomic mass is 9.87. The van der Waals surface area contributed by atoms with Gasteiger partial charge in [0.15, 0.2) is 0 Å². The topological polar surface area (TPSA) is 82.8 Å². The van der Waals surface area contributed by atoms with Crippen molar-refractivity contribution in [3.05, 3.63) is 65.2 Å². The molecule has 0 radical (unpaired) electrons. The number of aryl methyl sites for hydroxylation is 2. The van der Waals surface area contributed by atoms with E-state index in [1.807, 2.05) is 23.1 Å². The minimum absolute atomic E-state index is 0.0721. The van der Waals surface area contributed by atoms with Crippen molar-refractivity contribution in [1.29, 1.82) is 0 Å². The van der Waals surface area contributed by atoms with Crippen LogP contribution in [0.25, 0.3) is 11.3 Å². The number of carbonyl (C=O) groups is 2. The van der Waals surface area contributed by atoms with Gasteiger partial charge in [0.25, 0.3) is 5.91 Å². The van der Waals surface area contributed by atoms with Gasteiger partial charge < -0.3 is 14.3 Å². The molecule has 3 heterocycles. The lowest BCUT2D eigenvalue weighted by Crippen LogP contribution is -2.42. The summed E-state index contributed by atoms with van der Waals surface area (Å²) in [5.74, 6) is 0.692. The van der Waals surface area contributed by atoms with Crippen LogP contribution in [0.2, 0.25) is 0 Å². The lowest BCUT2D eigenvalue weighted by Gasteiger charge is -2.33. The third-order valence-corrected chi connectivity index (χ3v) is 8.70. The van der Waals surface area contributed by atoms with Crippen molar-refractivity contribution in [2.45, 2.75) is 78.8 Å². The minimum Gasteiger partial charge on any atom is -0.360 e. The van der Waals surface area contributed by atoms with Crippen molar-refractivity contribution < 1.29 is 14.1 Å². The van der Waals surface area contributed by atoms with Crippen LogP contribution in [0.1, 0.15) is 79.6 Å². The van der Waals surface area contributed by atoms with Crippen molar-refractivity contribution in [2.75, 3.05) is 31.1 Å². The molecule has 2 amide bonds. The Morgan fingerprint density at radius 2 is 1.68 bits per heavy atom. The van der Waals surface area contributed by atoms with Crippen molar-refractivity contribution >= 4 is 17.5 Å². The monoisotopic (exact) mass is 557 g/mol. The second-order valence-electron chi connectivity index (χ2n) is 11.8.